The number of pyridine rings is 1. The van der Waals surface area contributed by atoms with Crippen molar-refractivity contribution in [1.29, 1.82) is 0 Å². The molecule has 0 saturated carbocycles. The van der Waals surface area contributed by atoms with Crippen LogP contribution in [0.1, 0.15) is 34.9 Å². The van der Waals surface area contributed by atoms with Gasteiger partial charge in [0.15, 0.2) is 11.5 Å². The Bertz CT molecular complexity index is 1430. The lowest BCUT2D eigenvalue weighted by molar-refractivity contribution is -0.140. The van der Waals surface area contributed by atoms with Crippen molar-refractivity contribution in [2.75, 3.05) is 38.2 Å². The van der Waals surface area contributed by atoms with E-state index in [1.807, 2.05) is 4.90 Å². The van der Waals surface area contributed by atoms with Gasteiger partial charge in [-0.15, -0.1) is 10.2 Å². The number of carbonyl (C=O) groups excluding carboxylic acids is 1. The van der Waals surface area contributed by atoms with Crippen LogP contribution in [-0.2, 0) is 6.18 Å². The average molecular weight is 534 g/mol. The summed E-state index contributed by atoms with van der Waals surface area (Å²) in [4.78, 5) is 25.4. The van der Waals surface area contributed by atoms with Crippen molar-refractivity contribution in [2.24, 2.45) is 5.73 Å². The Balaban J connectivity index is 1.49. The molecule has 1 aliphatic rings. The molecule has 4 heterocycles. The number of anilines is 1. The molecular weight excluding hydrogens is 511 g/mol. The largest absolute Gasteiger partial charge is 0.494 e. The number of nitrogens with two attached hydrogens (primary N) is 1. The van der Waals surface area contributed by atoms with Crippen molar-refractivity contribution in [2.45, 2.75) is 19.1 Å². The maximum atomic E-state index is 13.4. The zero-order valence-electron chi connectivity index (χ0n) is 19.8. The average Bonchev–Trinajstić information content (AvgIpc) is 3.58. The zero-order valence-corrected chi connectivity index (χ0v) is 20.6. The van der Waals surface area contributed by atoms with Gasteiger partial charge in [-0.05, 0) is 31.2 Å². The predicted molar refractivity (Wildman–Crippen MR) is 129 cm³/mol. The molecule has 4 aromatic rings. The van der Waals surface area contributed by atoms with E-state index in [0.29, 0.717) is 37.1 Å². The summed E-state index contributed by atoms with van der Waals surface area (Å²) in [6.45, 7) is 3.70. The number of hydrogen-bond donors (Lipinski definition) is 1. The van der Waals surface area contributed by atoms with E-state index in [0.717, 1.165) is 11.2 Å². The number of alkyl halides is 3. The summed E-state index contributed by atoms with van der Waals surface area (Å²) in [5.74, 6) is 0.0655. The van der Waals surface area contributed by atoms with Crippen LogP contribution in [0.4, 0.5) is 18.3 Å². The lowest BCUT2D eigenvalue weighted by Gasteiger charge is -2.34. The lowest BCUT2D eigenvalue weighted by atomic mass is 10.1. The monoisotopic (exact) mass is 533 g/mol. The second-order valence-electron chi connectivity index (χ2n) is 8.43. The summed E-state index contributed by atoms with van der Waals surface area (Å²) in [6, 6.07) is 4.59. The molecule has 10 nitrogen and oxygen atoms in total. The molecule has 14 heteroatoms. The fourth-order valence-electron chi connectivity index (χ4n) is 4.17. The minimum Gasteiger partial charge on any atom is -0.494 e. The van der Waals surface area contributed by atoms with E-state index in [4.69, 9.17) is 14.9 Å². The molecule has 1 aromatic carbocycles. The number of aromatic nitrogens is 4. The number of hydrogen-bond acceptors (Lipinski definition) is 10. The van der Waals surface area contributed by atoms with Crippen molar-refractivity contribution in [3.05, 3.63) is 46.9 Å². The molecule has 1 amide bonds. The van der Waals surface area contributed by atoms with Crippen molar-refractivity contribution in [3.8, 4) is 17.2 Å². The van der Waals surface area contributed by atoms with Gasteiger partial charge < -0.3 is 24.7 Å². The third-order valence-corrected chi connectivity index (χ3v) is 6.77. The standard InChI is InChI=1S/C23H22F3N7O3S/c1-12(27)19-18(21(34)32-7-9-33(10-8-32)22-31-28-11-37-22)30-20(36-19)14-3-5-15(35-2)17-13(14)4-6-16(29-17)23(24,25)26/h3-6,11-12H,7-10,27H2,1-2H3/t12-/m0/s1. The molecule has 0 radical (unpaired) electrons. The second-order valence-corrected chi connectivity index (χ2v) is 9.24. The highest BCUT2D eigenvalue weighted by Crippen LogP contribution is 2.37. The Labute approximate surface area is 212 Å². The van der Waals surface area contributed by atoms with Crippen LogP contribution >= 0.6 is 11.3 Å². The van der Waals surface area contributed by atoms with Crippen LogP contribution in [0.5, 0.6) is 5.75 Å². The van der Waals surface area contributed by atoms with E-state index in [1.54, 1.807) is 23.4 Å². The Morgan fingerprint density at radius 3 is 2.54 bits per heavy atom. The SMILES string of the molecule is COc1ccc(-c2nc(C(=O)N3CCN(c4nncs4)CC3)c([C@H](C)N)o2)c2ccc(C(F)(F)F)nc12. The number of nitrogens with zero attached hydrogens (tertiary/aromatic N) is 6. The summed E-state index contributed by atoms with van der Waals surface area (Å²) in [5, 5.41) is 9.04. The highest BCUT2D eigenvalue weighted by atomic mass is 32.1. The Morgan fingerprint density at radius 2 is 1.92 bits per heavy atom. The lowest BCUT2D eigenvalue weighted by Crippen LogP contribution is -2.49. The van der Waals surface area contributed by atoms with Crippen LogP contribution in [-0.4, -0.2) is 64.3 Å². The fourth-order valence-corrected chi connectivity index (χ4v) is 4.78. The van der Waals surface area contributed by atoms with Gasteiger partial charge in [-0.3, -0.25) is 4.79 Å². The van der Waals surface area contributed by atoms with Gasteiger partial charge in [0.1, 0.15) is 22.5 Å². The van der Waals surface area contributed by atoms with E-state index in [2.05, 4.69) is 20.2 Å². The normalized spacial score (nSPS) is 15.3. The predicted octanol–water partition coefficient (Wildman–Crippen LogP) is 3.75. The molecular formula is C23H22F3N7O3S. The van der Waals surface area contributed by atoms with Crippen molar-refractivity contribution < 1.29 is 27.1 Å². The van der Waals surface area contributed by atoms with Crippen LogP contribution < -0.4 is 15.4 Å². The summed E-state index contributed by atoms with van der Waals surface area (Å²) in [6.07, 6.45) is -4.63. The molecule has 2 N–H and O–H groups in total. The first-order chi connectivity index (χ1) is 17.7. The van der Waals surface area contributed by atoms with E-state index >= 15 is 0 Å². The molecule has 0 bridgehead atoms. The number of ether oxygens (including phenoxy) is 1. The Morgan fingerprint density at radius 1 is 1.16 bits per heavy atom. The van der Waals surface area contributed by atoms with Crippen LogP contribution in [0.25, 0.3) is 22.4 Å². The third kappa shape index (κ3) is 4.69. The van der Waals surface area contributed by atoms with Crippen LogP contribution in [0.3, 0.4) is 0 Å². The first kappa shape index (κ1) is 24.9. The molecule has 1 aliphatic heterocycles. The number of carbonyl (C=O) groups is 1. The summed E-state index contributed by atoms with van der Waals surface area (Å²) < 4.78 is 51.0. The quantitative estimate of drug-likeness (QED) is 0.408. The number of halogens is 3. The number of amides is 1. The van der Waals surface area contributed by atoms with E-state index < -0.39 is 17.9 Å². The molecule has 1 atom stereocenters. The molecule has 1 fully saturated rings. The smallest absolute Gasteiger partial charge is 0.433 e. The molecule has 3 aromatic heterocycles. The topological polar surface area (TPSA) is 124 Å². The molecule has 37 heavy (non-hydrogen) atoms. The number of oxazole rings is 1. The Hall–Kier alpha value is -3.78. The first-order valence-electron chi connectivity index (χ1n) is 11.3. The fraction of sp³-hybridized carbons (Fsp3) is 0.348. The van der Waals surface area contributed by atoms with Gasteiger partial charge in [0.2, 0.25) is 11.0 Å². The van der Waals surface area contributed by atoms with Crippen LogP contribution in [0.15, 0.2) is 34.2 Å². The van der Waals surface area contributed by atoms with Crippen molar-refractivity contribution in [3.63, 3.8) is 0 Å². The summed E-state index contributed by atoms with van der Waals surface area (Å²) in [5.41, 5.74) is 7.13. The summed E-state index contributed by atoms with van der Waals surface area (Å²) in [7, 11) is 1.34. The third-order valence-electron chi connectivity index (χ3n) is 6.02. The Kier molecular flexibility index (Phi) is 6.45. The maximum absolute atomic E-state index is 13.4. The van der Waals surface area contributed by atoms with Crippen LogP contribution in [0, 0.1) is 0 Å². The van der Waals surface area contributed by atoms with E-state index in [1.165, 1.54) is 30.6 Å². The second kappa shape index (κ2) is 9.59. The van der Waals surface area contributed by atoms with Gasteiger partial charge in [0.25, 0.3) is 5.91 Å². The molecule has 1 saturated heterocycles. The number of methoxy groups -OCH3 is 1. The molecule has 0 unspecified atom stereocenters. The molecule has 0 aliphatic carbocycles. The highest BCUT2D eigenvalue weighted by Gasteiger charge is 2.34. The van der Waals surface area contributed by atoms with Crippen molar-refractivity contribution in [1.82, 2.24) is 25.1 Å². The van der Waals surface area contributed by atoms with Gasteiger partial charge >= 0.3 is 6.18 Å². The van der Waals surface area contributed by atoms with Crippen molar-refractivity contribution >= 4 is 33.3 Å². The van der Waals surface area contributed by atoms with E-state index in [-0.39, 0.29) is 34.5 Å². The minimum atomic E-state index is -4.63. The molecule has 5 rings (SSSR count). The first-order valence-corrected chi connectivity index (χ1v) is 12.2. The van der Waals surface area contributed by atoms with Gasteiger partial charge in [-0.25, -0.2) is 9.97 Å². The number of piperazine rings is 1. The molecule has 0 spiro atoms. The van der Waals surface area contributed by atoms with Gasteiger partial charge in [0.05, 0.1) is 13.2 Å². The zero-order chi connectivity index (χ0) is 26.3. The maximum Gasteiger partial charge on any atom is 0.433 e. The van der Waals surface area contributed by atoms with E-state index in [9.17, 15) is 18.0 Å². The van der Waals surface area contributed by atoms with Gasteiger partial charge in [0, 0.05) is 37.1 Å². The number of fused-ring (bicyclic) bond motifs is 1. The molecule has 194 valence electrons. The summed E-state index contributed by atoms with van der Waals surface area (Å²) >= 11 is 1.43. The number of rotatable bonds is 5. The number of benzene rings is 1. The van der Waals surface area contributed by atoms with Gasteiger partial charge in [-0.2, -0.15) is 13.2 Å². The van der Waals surface area contributed by atoms with Crippen LogP contribution in [0.2, 0.25) is 0 Å². The van der Waals surface area contributed by atoms with Gasteiger partial charge in [-0.1, -0.05) is 11.3 Å². The minimum absolute atomic E-state index is 0.00366. The highest BCUT2D eigenvalue weighted by molar-refractivity contribution is 7.13.